The molecule has 202 valence electrons. The van der Waals surface area contributed by atoms with Gasteiger partial charge in [-0.25, -0.2) is 0 Å². The van der Waals surface area contributed by atoms with Gasteiger partial charge < -0.3 is 22.4 Å². The van der Waals surface area contributed by atoms with E-state index in [1.54, 1.807) is 11.8 Å². The van der Waals surface area contributed by atoms with Gasteiger partial charge in [-0.15, -0.1) is 0 Å². The molecule has 1 heterocycles. The Labute approximate surface area is 223 Å². The first-order chi connectivity index (χ1) is 15.7. The van der Waals surface area contributed by atoms with Gasteiger partial charge in [0, 0.05) is 4.90 Å². The van der Waals surface area contributed by atoms with Crippen LogP contribution in [0.15, 0.2) is 29.2 Å². The first-order valence-electron chi connectivity index (χ1n) is 12.8. The smallest absolute Gasteiger partial charge is 0.184 e. The Kier molecular flexibility index (Phi) is 10.7. The van der Waals surface area contributed by atoms with Crippen LogP contribution in [0.25, 0.3) is 0 Å². The van der Waals surface area contributed by atoms with Crippen LogP contribution in [0, 0.1) is 6.92 Å². The lowest BCUT2D eigenvalue weighted by Crippen LogP contribution is -2.65. The van der Waals surface area contributed by atoms with Gasteiger partial charge in [0.25, 0.3) is 0 Å². The second-order valence-electron chi connectivity index (χ2n) is 13.5. The molecular weight excluding hydrogens is 525 g/mol. The highest BCUT2D eigenvalue weighted by Crippen LogP contribution is 2.40. The Morgan fingerprint density at radius 1 is 0.657 bits per heavy atom. The van der Waals surface area contributed by atoms with Crippen molar-refractivity contribution in [3.63, 3.8) is 0 Å². The Morgan fingerprint density at radius 2 is 1.11 bits per heavy atom. The van der Waals surface area contributed by atoms with E-state index in [0.29, 0.717) is 6.61 Å². The maximum Gasteiger partial charge on any atom is 0.184 e. The van der Waals surface area contributed by atoms with Gasteiger partial charge in [0.2, 0.25) is 0 Å². The lowest BCUT2D eigenvalue weighted by molar-refractivity contribution is -0.189. The average Bonchev–Trinajstić information content (AvgIpc) is 2.63. The number of ether oxygens (including phenoxy) is 1. The summed E-state index contributed by atoms with van der Waals surface area (Å²) in [5.41, 5.74) is 1.04. The largest absolute Gasteiger partial charge is 0.415 e. The van der Waals surface area contributed by atoms with Crippen molar-refractivity contribution in [2.75, 3.05) is 6.61 Å². The normalized spacial score (nSPS) is 26.7. The van der Waals surface area contributed by atoms with Gasteiger partial charge in [0.05, 0.1) is 6.61 Å². The van der Waals surface area contributed by atoms with Crippen LogP contribution in [0.3, 0.4) is 0 Å². The maximum atomic E-state index is 6.94. The van der Waals surface area contributed by atoms with Crippen LogP contribution in [0.4, 0.5) is 0 Å². The maximum absolute atomic E-state index is 6.94. The SMILES string of the molecule is Cc1ccc(S[C@@H]2O[C@H](CO[Si](C)(C)C)[C@H](O[Si](C)(C)C)[C@@H](O[Si](C)(C)C)[C@H]2O[Si](C)(C)C)cc1. The molecule has 1 aliphatic rings. The molecule has 1 aromatic carbocycles. The summed E-state index contributed by atoms with van der Waals surface area (Å²) in [7, 11) is -7.49. The summed E-state index contributed by atoms with van der Waals surface area (Å²) < 4.78 is 33.9. The van der Waals surface area contributed by atoms with Crippen LogP contribution in [-0.2, 0) is 22.4 Å². The molecule has 5 atom stereocenters. The minimum absolute atomic E-state index is 0.202. The van der Waals surface area contributed by atoms with Gasteiger partial charge in [0.15, 0.2) is 33.3 Å². The van der Waals surface area contributed by atoms with Crippen molar-refractivity contribution in [2.24, 2.45) is 0 Å². The van der Waals surface area contributed by atoms with E-state index in [1.165, 1.54) is 10.5 Å². The lowest BCUT2D eigenvalue weighted by Gasteiger charge is -2.51. The second-order valence-corrected chi connectivity index (χ2v) is 32.5. The van der Waals surface area contributed by atoms with Crippen molar-refractivity contribution < 1.29 is 22.4 Å². The van der Waals surface area contributed by atoms with Crippen molar-refractivity contribution in [3.05, 3.63) is 29.8 Å². The number of thioether (sulfide) groups is 1. The molecular formula is C25H50O5SSi4. The zero-order valence-electron chi connectivity index (χ0n) is 24.4. The van der Waals surface area contributed by atoms with Gasteiger partial charge in [0.1, 0.15) is 29.9 Å². The van der Waals surface area contributed by atoms with Gasteiger partial charge in [-0.1, -0.05) is 29.5 Å². The molecule has 0 spiro atoms. The van der Waals surface area contributed by atoms with Crippen LogP contribution in [-0.4, -0.2) is 69.7 Å². The minimum atomic E-state index is -1.92. The molecule has 5 nitrogen and oxygen atoms in total. The Hall–Kier alpha value is 0.238. The topological polar surface area (TPSA) is 46.2 Å². The Balaban J connectivity index is 2.54. The van der Waals surface area contributed by atoms with Gasteiger partial charge in [-0.05, 0) is 97.6 Å². The molecule has 0 bridgehead atoms. The number of hydrogen-bond acceptors (Lipinski definition) is 6. The van der Waals surface area contributed by atoms with E-state index in [2.05, 4.69) is 110 Å². The molecule has 1 aliphatic heterocycles. The summed E-state index contributed by atoms with van der Waals surface area (Å²) in [5.74, 6) is 0. The van der Waals surface area contributed by atoms with E-state index >= 15 is 0 Å². The number of rotatable bonds is 11. The summed E-state index contributed by atoms with van der Waals surface area (Å²) in [4.78, 5) is 1.17. The lowest BCUT2D eigenvalue weighted by atomic mass is 10.0. The Bertz CT molecular complexity index is 797. The molecule has 0 N–H and O–H groups in total. The zero-order valence-corrected chi connectivity index (χ0v) is 29.2. The van der Waals surface area contributed by atoms with E-state index in [9.17, 15) is 0 Å². The summed E-state index contributed by atoms with van der Waals surface area (Å²) in [6.45, 7) is 29.4. The minimum Gasteiger partial charge on any atom is -0.415 e. The van der Waals surface area contributed by atoms with Crippen molar-refractivity contribution in [2.45, 2.75) is 120 Å². The molecule has 1 fully saturated rings. The highest BCUT2D eigenvalue weighted by Gasteiger charge is 2.51. The fourth-order valence-electron chi connectivity index (χ4n) is 3.82. The van der Waals surface area contributed by atoms with Crippen LogP contribution < -0.4 is 0 Å². The van der Waals surface area contributed by atoms with E-state index in [-0.39, 0.29) is 29.9 Å². The molecule has 0 aromatic heterocycles. The van der Waals surface area contributed by atoms with Crippen molar-refractivity contribution >= 4 is 45.0 Å². The molecule has 0 radical (unpaired) electrons. The third-order valence-corrected chi connectivity index (χ3v) is 10.1. The quantitative estimate of drug-likeness (QED) is 0.258. The molecule has 10 heteroatoms. The summed E-state index contributed by atoms with van der Waals surface area (Å²) in [5, 5.41) is 0. The van der Waals surface area contributed by atoms with Crippen molar-refractivity contribution in [3.8, 4) is 0 Å². The van der Waals surface area contributed by atoms with Gasteiger partial charge >= 0.3 is 0 Å². The van der Waals surface area contributed by atoms with Gasteiger partial charge in [-0.3, -0.25) is 0 Å². The predicted octanol–water partition coefficient (Wildman–Crippen LogP) is 7.32. The van der Waals surface area contributed by atoms with Crippen molar-refractivity contribution in [1.82, 2.24) is 0 Å². The molecule has 1 aromatic rings. The second kappa shape index (κ2) is 12.0. The van der Waals surface area contributed by atoms with E-state index < -0.39 is 33.3 Å². The fraction of sp³-hybridized carbons (Fsp3) is 0.760. The Morgan fingerprint density at radius 3 is 1.57 bits per heavy atom. The summed E-state index contributed by atoms with van der Waals surface area (Å²) in [6.07, 6.45) is -0.851. The molecule has 2 rings (SSSR count). The van der Waals surface area contributed by atoms with Crippen molar-refractivity contribution in [1.29, 1.82) is 0 Å². The summed E-state index contributed by atoms with van der Waals surface area (Å²) in [6, 6.07) is 8.64. The van der Waals surface area contributed by atoms with Crippen LogP contribution in [0.1, 0.15) is 5.56 Å². The highest BCUT2D eigenvalue weighted by molar-refractivity contribution is 7.99. The standard InChI is InChI=1S/C25H50O5SSi4/c1-19-14-16-20(17-15-19)31-25-24(30-35(11,12)13)23(29-34(8,9)10)22(28-33(5,6)7)21(27-25)18-26-32(2,3)4/h14-17,21-25H,18H2,1-13H3/t21-,22+,23-,24-,25+/m1/s1. The highest BCUT2D eigenvalue weighted by atomic mass is 32.2. The van der Waals surface area contributed by atoms with E-state index in [4.69, 9.17) is 22.4 Å². The summed E-state index contributed by atoms with van der Waals surface area (Å²) >= 11 is 1.73. The fourth-order valence-corrected chi connectivity index (χ4v) is 8.95. The van der Waals surface area contributed by atoms with Crippen LogP contribution in [0.5, 0.6) is 0 Å². The number of hydrogen-bond donors (Lipinski definition) is 0. The number of benzene rings is 1. The molecule has 0 aliphatic carbocycles. The van der Waals surface area contributed by atoms with Crippen LogP contribution >= 0.6 is 11.8 Å². The third-order valence-electron chi connectivity index (χ3n) is 5.01. The van der Waals surface area contributed by atoms with E-state index in [1.807, 2.05) is 0 Å². The number of aryl methyl sites for hydroxylation is 1. The predicted molar refractivity (Wildman–Crippen MR) is 160 cm³/mol. The molecule has 1 saturated heterocycles. The van der Waals surface area contributed by atoms with Crippen LogP contribution in [0.2, 0.25) is 78.6 Å². The van der Waals surface area contributed by atoms with E-state index in [0.717, 1.165) is 0 Å². The molecule has 0 saturated carbocycles. The molecule has 0 unspecified atom stereocenters. The monoisotopic (exact) mass is 574 g/mol. The average molecular weight is 575 g/mol. The third kappa shape index (κ3) is 11.7. The van der Waals surface area contributed by atoms with Gasteiger partial charge in [-0.2, -0.15) is 0 Å². The first kappa shape index (κ1) is 31.5. The zero-order chi connectivity index (χ0) is 26.8. The molecule has 35 heavy (non-hydrogen) atoms. The molecule has 0 amide bonds. The first-order valence-corrected chi connectivity index (χ1v) is 27.3.